The van der Waals surface area contributed by atoms with Gasteiger partial charge in [-0.2, -0.15) is 0 Å². The van der Waals surface area contributed by atoms with Crippen LogP contribution in [0.4, 0.5) is 0 Å². The topological polar surface area (TPSA) is 22.1 Å². The van der Waals surface area contributed by atoms with Crippen molar-refractivity contribution in [3.8, 4) is 5.75 Å². The number of rotatable bonds is 2. The summed E-state index contributed by atoms with van der Waals surface area (Å²) in [5.74, 6) is 0.843. The van der Waals surface area contributed by atoms with E-state index in [1.165, 1.54) is 12.8 Å². The number of pyridine rings is 1. The summed E-state index contributed by atoms with van der Waals surface area (Å²) in [7, 11) is 0. The van der Waals surface area contributed by atoms with E-state index in [0.717, 1.165) is 11.4 Å². The minimum Gasteiger partial charge on any atom is -0.490 e. The van der Waals surface area contributed by atoms with Crippen molar-refractivity contribution in [2.45, 2.75) is 25.9 Å². The van der Waals surface area contributed by atoms with Gasteiger partial charge in [0.2, 0.25) is 0 Å². The van der Waals surface area contributed by atoms with E-state index in [-0.39, 0.29) is 0 Å². The maximum atomic E-state index is 5.76. The molecule has 1 aromatic rings. The third kappa shape index (κ3) is 1.89. The highest BCUT2D eigenvalue weighted by Gasteiger charge is 2.23. The summed E-state index contributed by atoms with van der Waals surface area (Å²) in [6.07, 6.45) is 2.75. The monoisotopic (exact) mass is 183 g/mol. The zero-order valence-corrected chi connectivity index (χ0v) is 7.64. The van der Waals surface area contributed by atoms with Gasteiger partial charge in [0, 0.05) is 17.8 Å². The number of nitrogens with zero attached hydrogens (tertiary/aromatic N) is 1. The summed E-state index contributed by atoms with van der Waals surface area (Å²) < 4.78 is 5.56. The molecule has 12 heavy (non-hydrogen) atoms. The molecule has 3 heteroatoms. The number of hydrogen-bond acceptors (Lipinski definition) is 2. The third-order valence-corrected chi connectivity index (χ3v) is 1.92. The molecule has 0 saturated heterocycles. The van der Waals surface area contributed by atoms with Gasteiger partial charge in [-0.05, 0) is 19.8 Å². The molecule has 1 saturated carbocycles. The van der Waals surface area contributed by atoms with Crippen LogP contribution in [0.2, 0.25) is 5.15 Å². The van der Waals surface area contributed by atoms with Gasteiger partial charge in [0.1, 0.15) is 10.9 Å². The SMILES string of the molecule is Cc1cc(OC2CC2)cc(Cl)n1. The van der Waals surface area contributed by atoms with Crippen LogP contribution in [-0.4, -0.2) is 11.1 Å². The van der Waals surface area contributed by atoms with Crippen molar-refractivity contribution in [3.05, 3.63) is 23.0 Å². The normalized spacial score (nSPS) is 16.2. The molecule has 1 aromatic heterocycles. The molecule has 0 aromatic carbocycles. The van der Waals surface area contributed by atoms with E-state index in [4.69, 9.17) is 16.3 Å². The van der Waals surface area contributed by atoms with Gasteiger partial charge < -0.3 is 4.74 Å². The first-order valence-electron chi connectivity index (χ1n) is 4.05. The lowest BCUT2D eigenvalue weighted by atomic mass is 10.3. The number of aryl methyl sites for hydroxylation is 1. The lowest BCUT2D eigenvalue weighted by Crippen LogP contribution is -1.96. The van der Waals surface area contributed by atoms with Gasteiger partial charge in [-0.1, -0.05) is 11.6 Å². The molecule has 1 aliphatic carbocycles. The zero-order valence-electron chi connectivity index (χ0n) is 6.88. The van der Waals surface area contributed by atoms with E-state index in [1.807, 2.05) is 13.0 Å². The van der Waals surface area contributed by atoms with Gasteiger partial charge in [-0.15, -0.1) is 0 Å². The average molecular weight is 184 g/mol. The van der Waals surface area contributed by atoms with Crippen LogP contribution in [0.3, 0.4) is 0 Å². The molecule has 1 heterocycles. The molecule has 0 amide bonds. The minimum atomic E-state index is 0.419. The Morgan fingerprint density at radius 3 is 2.83 bits per heavy atom. The minimum absolute atomic E-state index is 0.419. The van der Waals surface area contributed by atoms with Gasteiger partial charge in [0.05, 0.1) is 6.10 Å². The van der Waals surface area contributed by atoms with Crippen molar-refractivity contribution in [2.75, 3.05) is 0 Å². The first-order chi connectivity index (χ1) is 5.74. The third-order valence-electron chi connectivity index (χ3n) is 1.72. The van der Waals surface area contributed by atoms with E-state index in [9.17, 15) is 0 Å². The Bertz CT molecular complexity index is 276. The van der Waals surface area contributed by atoms with Crippen molar-refractivity contribution < 1.29 is 4.74 Å². The molecule has 0 aliphatic heterocycles. The van der Waals surface area contributed by atoms with Crippen molar-refractivity contribution in [1.82, 2.24) is 4.98 Å². The molecule has 0 atom stereocenters. The number of ether oxygens (including phenoxy) is 1. The summed E-state index contributed by atoms with van der Waals surface area (Å²) in [5.41, 5.74) is 0.901. The summed E-state index contributed by atoms with van der Waals surface area (Å²) in [6, 6.07) is 3.66. The molecule has 0 spiro atoms. The van der Waals surface area contributed by atoms with E-state index in [1.54, 1.807) is 6.07 Å². The standard InChI is InChI=1S/C9H10ClNO/c1-6-4-8(5-9(10)11-6)12-7-2-3-7/h4-5,7H,2-3H2,1H3. The van der Waals surface area contributed by atoms with Crippen molar-refractivity contribution in [1.29, 1.82) is 0 Å². The lowest BCUT2D eigenvalue weighted by molar-refractivity contribution is 0.302. The van der Waals surface area contributed by atoms with Crippen LogP contribution in [0, 0.1) is 6.92 Å². The molecule has 64 valence electrons. The Labute approximate surface area is 76.5 Å². The van der Waals surface area contributed by atoms with Gasteiger partial charge in [0.15, 0.2) is 0 Å². The van der Waals surface area contributed by atoms with Gasteiger partial charge in [-0.3, -0.25) is 0 Å². The molecule has 0 unspecified atom stereocenters. The molecule has 1 fully saturated rings. The van der Waals surface area contributed by atoms with E-state index >= 15 is 0 Å². The predicted octanol–water partition coefficient (Wildman–Crippen LogP) is 2.58. The highest BCUT2D eigenvalue weighted by Crippen LogP contribution is 2.27. The van der Waals surface area contributed by atoms with Crippen LogP contribution in [0.5, 0.6) is 5.75 Å². The second-order valence-corrected chi connectivity index (χ2v) is 3.47. The maximum absolute atomic E-state index is 5.76. The van der Waals surface area contributed by atoms with E-state index < -0.39 is 0 Å². The highest BCUT2D eigenvalue weighted by molar-refractivity contribution is 6.29. The lowest BCUT2D eigenvalue weighted by Gasteiger charge is -2.04. The largest absolute Gasteiger partial charge is 0.490 e. The van der Waals surface area contributed by atoms with Crippen LogP contribution in [0.15, 0.2) is 12.1 Å². The first kappa shape index (κ1) is 7.87. The van der Waals surface area contributed by atoms with Crippen LogP contribution in [-0.2, 0) is 0 Å². The molecular weight excluding hydrogens is 174 g/mol. The fourth-order valence-electron chi connectivity index (χ4n) is 1.04. The molecule has 2 nitrogen and oxygen atoms in total. The fourth-order valence-corrected chi connectivity index (χ4v) is 1.29. The van der Waals surface area contributed by atoms with Crippen LogP contribution in [0.25, 0.3) is 0 Å². The van der Waals surface area contributed by atoms with Gasteiger partial charge in [-0.25, -0.2) is 4.98 Å². The Balaban J connectivity index is 2.18. The maximum Gasteiger partial charge on any atom is 0.133 e. The van der Waals surface area contributed by atoms with Crippen molar-refractivity contribution in [2.24, 2.45) is 0 Å². The molecule has 2 rings (SSSR count). The van der Waals surface area contributed by atoms with Crippen molar-refractivity contribution in [3.63, 3.8) is 0 Å². The summed E-state index contributed by atoms with van der Waals surface area (Å²) in [4.78, 5) is 4.05. The molecule has 0 bridgehead atoms. The molecular formula is C9H10ClNO. The van der Waals surface area contributed by atoms with Crippen LogP contribution in [0.1, 0.15) is 18.5 Å². The Hall–Kier alpha value is -0.760. The molecule has 1 aliphatic rings. The second-order valence-electron chi connectivity index (χ2n) is 3.08. The average Bonchev–Trinajstić information content (AvgIpc) is 2.68. The summed E-state index contributed by atoms with van der Waals surface area (Å²) >= 11 is 5.76. The van der Waals surface area contributed by atoms with Crippen molar-refractivity contribution >= 4 is 11.6 Å². The van der Waals surface area contributed by atoms with E-state index in [2.05, 4.69) is 4.98 Å². The van der Waals surface area contributed by atoms with Gasteiger partial charge in [0.25, 0.3) is 0 Å². The smallest absolute Gasteiger partial charge is 0.133 e. The Morgan fingerprint density at radius 1 is 1.50 bits per heavy atom. The Morgan fingerprint density at radius 2 is 2.25 bits per heavy atom. The predicted molar refractivity (Wildman–Crippen MR) is 47.6 cm³/mol. The molecule has 0 N–H and O–H groups in total. The van der Waals surface area contributed by atoms with Crippen LogP contribution >= 0.6 is 11.6 Å². The fraction of sp³-hybridized carbons (Fsp3) is 0.444. The summed E-state index contributed by atoms with van der Waals surface area (Å²) in [6.45, 7) is 1.91. The quantitative estimate of drug-likeness (QED) is 0.658. The first-order valence-corrected chi connectivity index (χ1v) is 4.43. The number of halogens is 1. The Kier molecular flexibility index (Phi) is 1.93. The zero-order chi connectivity index (χ0) is 8.55. The number of aromatic nitrogens is 1. The van der Waals surface area contributed by atoms with Gasteiger partial charge >= 0.3 is 0 Å². The molecule has 0 radical (unpaired) electrons. The number of hydrogen-bond donors (Lipinski definition) is 0. The second kappa shape index (κ2) is 2.94. The highest BCUT2D eigenvalue weighted by atomic mass is 35.5. The van der Waals surface area contributed by atoms with Crippen LogP contribution < -0.4 is 4.74 Å². The summed E-state index contributed by atoms with van der Waals surface area (Å²) in [5, 5.41) is 0.505. The van der Waals surface area contributed by atoms with E-state index in [0.29, 0.717) is 11.3 Å².